The van der Waals surface area contributed by atoms with E-state index in [1.165, 1.54) is 24.2 Å². The van der Waals surface area contributed by atoms with Crippen molar-refractivity contribution >= 4 is 40.8 Å². The summed E-state index contributed by atoms with van der Waals surface area (Å²) in [6.45, 7) is 0. The lowest BCUT2D eigenvalue weighted by Gasteiger charge is -2.07. The van der Waals surface area contributed by atoms with Crippen LogP contribution >= 0.6 is 35.0 Å². The Labute approximate surface area is 123 Å². The normalized spacial score (nSPS) is 11.6. The number of rotatable bonds is 3. The fourth-order valence-corrected chi connectivity index (χ4v) is 2.68. The SMILES string of the molecule is NC(=NO)c1nccnc1Sc1cc(Cl)ccc1Cl. The summed E-state index contributed by atoms with van der Waals surface area (Å²) in [5, 5.41) is 13.2. The van der Waals surface area contributed by atoms with E-state index in [1.54, 1.807) is 18.2 Å². The largest absolute Gasteiger partial charge is 0.409 e. The third kappa shape index (κ3) is 3.28. The Kier molecular flexibility index (Phi) is 4.47. The zero-order chi connectivity index (χ0) is 13.8. The van der Waals surface area contributed by atoms with Crippen LogP contribution in [0.25, 0.3) is 0 Å². The summed E-state index contributed by atoms with van der Waals surface area (Å²) in [6, 6.07) is 5.08. The van der Waals surface area contributed by atoms with Gasteiger partial charge in [0.15, 0.2) is 5.84 Å². The van der Waals surface area contributed by atoms with Crippen LogP contribution in [0.3, 0.4) is 0 Å². The van der Waals surface area contributed by atoms with Crippen LogP contribution < -0.4 is 5.73 Å². The molecule has 0 saturated heterocycles. The summed E-state index contributed by atoms with van der Waals surface area (Å²) in [4.78, 5) is 8.87. The molecule has 5 nitrogen and oxygen atoms in total. The number of nitrogens with two attached hydrogens (primary N) is 1. The molecule has 0 spiro atoms. The maximum absolute atomic E-state index is 8.72. The molecule has 19 heavy (non-hydrogen) atoms. The first-order valence-corrected chi connectivity index (χ1v) is 6.61. The summed E-state index contributed by atoms with van der Waals surface area (Å²) >= 11 is 13.2. The highest BCUT2D eigenvalue weighted by Crippen LogP contribution is 2.34. The molecule has 0 saturated carbocycles. The molecule has 0 radical (unpaired) electrons. The van der Waals surface area contributed by atoms with Crippen molar-refractivity contribution in [2.75, 3.05) is 0 Å². The Morgan fingerprint density at radius 2 is 2.00 bits per heavy atom. The van der Waals surface area contributed by atoms with Crippen molar-refractivity contribution in [2.45, 2.75) is 9.92 Å². The topological polar surface area (TPSA) is 84.4 Å². The predicted octanol–water partition coefficient (Wildman–Crippen LogP) is 3.03. The summed E-state index contributed by atoms with van der Waals surface area (Å²) in [5.74, 6) is -0.117. The van der Waals surface area contributed by atoms with E-state index in [4.69, 9.17) is 34.1 Å². The zero-order valence-electron chi connectivity index (χ0n) is 9.42. The van der Waals surface area contributed by atoms with Crippen molar-refractivity contribution in [3.8, 4) is 0 Å². The second kappa shape index (κ2) is 6.10. The first kappa shape index (κ1) is 13.9. The van der Waals surface area contributed by atoms with Crippen LogP contribution in [0.1, 0.15) is 5.69 Å². The number of hydrogen-bond donors (Lipinski definition) is 2. The molecule has 8 heteroatoms. The number of halogens is 2. The van der Waals surface area contributed by atoms with E-state index in [9.17, 15) is 0 Å². The molecule has 0 atom stereocenters. The van der Waals surface area contributed by atoms with Crippen molar-refractivity contribution in [3.63, 3.8) is 0 Å². The monoisotopic (exact) mass is 314 g/mol. The van der Waals surface area contributed by atoms with Gasteiger partial charge in [0.25, 0.3) is 0 Å². The van der Waals surface area contributed by atoms with E-state index in [-0.39, 0.29) is 11.5 Å². The Morgan fingerprint density at radius 3 is 2.74 bits per heavy atom. The Balaban J connectivity index is 2.41. The highest BCUT2D eigenvalue weighted by Gasteiger charge is 2.13. The van der Waals surface area contributed by atoms with Crippen LogP contribution in [-0.4, -0.2) is 21.0 Å². The van der Waals surface area contributed by atoms with Gasteiger partial charge in [-0.25, -0.2) is 9.97 Å². The average molecular weight is 315 g/mol. The van der Waals surface area contributed by atoms with Gasteiger partial charge < -0.3 is 10.9 Å². The molecule has 1 aromatic carbocycles. The second-order valence-electron chi connectivity index (χ2n) is 3.37. The number of nitrogens with zero attached hydrogens (tertiary/aromatic N) is 3. The number of oxime groups is 1. The number of benzene rings is 1. The second-order valence-corrected chi connectivity index (χ2v) is 5.25. The average Bonchev–Trinajstić information content (AvgIpc) is 2.42. The predicted molar refractivity (Wildman–Crippen MR) is 75.1 cm³/mol. The first-order valence-electron chi connectivity index (χ1n) is 5.03. The van der Waals surface area contributed by atoms with Crippen LogP contribution in [0.2, 0.25) is 10.0 Å². The van der Waals surface area contributed by atoms with Gasteiger partial charge in [-0.05, 0) is 18.2 Å². The minimum atomic E-state index is -0.117. The van der Waals surface area contributed by atoms with Crippen LogP contribution in [0, 0.1) is 0 Å². The minimum absolute atomic E-state index is 0.117. The molecule has 0 aliphatic carbocycles. The highest BCUT2D eigenvalue weighted by atomic mass is 35.5. The van der Waals surface area contributed by atoms with Crippen molar-refractivity contribution < 1.29 is 5.21 Å². The number of aromatic nitrogens is 2. The van der Waals surface area contributed by atoms with Gasteiger partial charge in [0.1, 0.15) is 10.7 Å². The van der Waals surface area contributed by atoms with Crippen molar-refractivity contribution in [1.29, 1.82) is 0 Å². The van der Waals surface area contributed by atoms with Gasteiger partial charge in [0.2, 0.25) is 0 Å². The molecule has 0 amide bonds. The fourth-order valence-electron chi connectivity index (χ4n) is 1.28. The van der Waals surface area contributed by atoms with E-state index >= 15 is 0 Å². The summed E-state index contributed by atoms with van der Waals surface area (Å²) in [6.07, 6.45) is 2.96. The molecule has 0 aliphatic heterocycles. The van der Waals surface area contributed by atoms with E-state index in [0.29, 0.717) is 20.0 Å². The molecule has 2 rings (SSSR count). The van der Waals surface area contributed by atoms with Crippen LogP contribution in [0.4, 0.5) is 0 Å². The molecule has 2 aromatic rings. The van der Waals surface area contributed by atoms with E-state index in [0.717, 1.165) is 0 Å². The highest BCUT2D eigenvalue weighted by molar-refractivity contribution is 7.99. The quantitative estimate of drug-likeness (QED) is 0.394. The van der Waals surface area contributed by atoms with Gasteiger partial charge in [0.05, 0.1) is 5.02 Å². The molecule has 0 aliphatic rings. The molecule has 0 bridgehead atoms. The standard InChI is InChI=1S/C11H8Cl2N4OS/c12-6-1-2-7(13)8(5-6)19-11-9(10(14)17-18)15-3-4-16-11/h1-5,18H,(H2,14,17). The molecule has 0 fully saturated rings. The molecular weight excluding hydrogens is 307 g/mol. The molecule has 0 unspecified atom stereocenters. The molecule has 98 valence electrons. The lowest BCUT2D eigenvalue weighted by Crippen LogP contribution is -2.16. The minimum Gasteiger partial charge on any atom is -0.409 e. The smallest absolute Gasteiger partial charge is 0.191 e. The zero-order valence-corrected chi connectivity index (χ0v) is 11.7. The summed E-state index contributed by atoms with van der Waals surface area (Å²) in [7, 11) is 0. The van der Waals surface area contributed by atoms with Gasteiger partial charge >= 0.3 is 0 Å². The summed E-state index contributed by atoms with van der Waals surface area (Å²) in [5.41, 5.74) is 5.83. The van der Waals surface area contributed by atoms with E-state index in [1.807, 2.05) is 0 Å². The van der Waals surface area contributed by atoms with Gasteiger partial charge in [-0.2, -0.15) is 0 Å². The number of hydrogen-bond acceptors (Lipinski definition) is 5. The van der Waals surface area contributed by atoms with Crippen LogP contribution in [-0.2, 0) is 0 Å². The van der Waals surface area contributed by atoms with Crippen molar-refractivity contribution in [2.24, 2.45) is 10.9 Å². The summed E-state index contributed by atoms with van der Waals surface area (Å²) < 4.78 is 0. The fraction of sp³-hybridized carbons (Fsp3) is 0. The molecule has 1 aromatic heterocycles. The van der Waals surface area contributed by atoms with Gasteiger partial charge in [-0.1, -0.05) is 40.1 Å². The van der Waals surface area contributed by atoms with E-state index in [2.05, 4.69) is 15.1 Å². The lowest BCUT2D eigenvalue weighted by atomic mass is 10.4. The Hall–Kier alpha value is -1.50. The molecule has 3 N–H and O–H groups in total. The third-order valence-electron chi connectivity index (χ3n) is 2.11. The maximum Gasteiger partial charge on any atom is 0.191 e. The van der Waals surface area contributed by atoms with Gasteiger partial charge in [-0.15, -0.1) is 0 Å². The van der Waals surface area contributed by atoms with Crippen molar-refractivity contribution in [3.05, 3.63) is 46.3 Å². The van der Waals surface area contributed by atoms with Crippen molar-refractivity contribution in [1.82, 2.24) is 9.97 Å². The van der Waals surface area contributed by atoms with Gasteiger partial charge in [0, 0.05) is 22.3 Å². The third-order valence-corrected chi connectivity index (χ3v) is 3.84. The lowest BCUT2D eigenvalue weighted by molar-refractivity contribution is 0.318. The van der Waals surface area contributed by atoms with E-state index < -0.39 is 0 Å². The van der Waals surface area contributed by atoms with Crippen LogP contribution in [0.5, 0.6) is 0 Å². The molecular formula is C11H8Cl2N4OS. The van der Waals surface area contributed by atoms with Gasteiger partial charge in [-0.3, -0.25) is 0 Å². The first-order chi connectivity index (χ1) is 9.11. The maximum atomic E-state index is 8.72. The van der Waals surface area contributed by atoms with Crippen LogP contribution in [0.15, 0.2) is 45.7 Å². The Bertz CT molecular complexity index is 636. The molecule has 1 heterocycles. The Morgan fingerprint density at radius 1 is 1.26 bits per heavy atom. The number of amidine groups is 1.